The second-order valence-corrected chi connectivity index (χ2v) is 2.85. The van der Waals surface area contributed by atoms with Crippen molar-refractivity contribution < 1.29 is 8.76 Å². The second-order valence-electron chi connectivity index (χ2n) is 2.02. The number of hydrogen-bond acceptors (Lipinski definition) is 5. The predicted octanol–water partition coefficient (Wildman–Crippen LogP) is -0.531. The molecule has 2 rings (SSSR count). The first-order chi connectivity index (χ1) is 5.79. The summed E-state index contributed by atoms with van der Waals surface area (Å²) in [6.07, 6.45) is 3.90. The fourth-order valence-corrected chi connectivity index (χ4v) is 1.26. The Hall–Kier alpha value is -1.34. The van der Waals surface area contributed by atoms with E-state index in [-0.39, 0.29) is 0 Å². The number of aromatic nitrogens is 4. The van der Waals surface area contributed by atoms with Crippen LogP contribution in [-0.4, -0.2) is 27.7 Å². The molecule has 7 heteroatoms. The summed E-state index contributed by atoms with van der Waals surface area (Å²) in [5, 5.41) is 0. The van der Waals surface area contributed by atoms with Crippen molar-refractivity contribution >= 4 is 22.4 Å². The van der Waals surface area contributed by atoms with Crippen molar-refractivity contribution in [1.82, 2.24) is 18.9 Å². The Kier molecular flexibility index (Phi) is 1.59. The van der Waals surface area contributed by atoms with Gasteiger partial charge in [0.25, 0.3) is 0 Å². The van der Waals surface area contributed by atoms with Gasteiger partial charge in [0.05, 0.1) is 17.5 Å². The van der Waals surface area contributed by atoms with Crippen LogP contribution in [-0.2, 0) is 11.3 Å². The molecular formula is C5H3N4O2S-. The highest BCUT2D eigenvalue weighted by Crippen LogP contribution is 2.06. The zero-order valence-corrected chi connectivity index (χ0v) is 6.56. The maximum Gasteiger partial charge on any atom is 0.174 e. The molecule has 0 amide bonds. The number of fused-ring (bicyclic) bond motifs is 1. The number of hydrogen-bond donors (Lipinski definition) is 0. The van der Waals surface area contributed by atoms with E-state index in [0.717, 1.165) is 3.97 Å². The van der Waals surface area contributed by atoms with E-state index in [9.17, 15) is 8.76 Å². The lowest BCUT2D eigenvalue weighted by Gasteiger charge is -2.03. The molecular weight excluding hydrogens is 180 g/mol. The maximum absolute atomic E-state index is 10.5. The van der Waals surface area contributed by atoms with Gasteiger partial charge in [-0.1, -0.05) is 0 Å². The number of nitrogens with zero attached hydrogens (tertiary/aromatic N) is 4. The Morgan fingerprint density at radius 3 is 3.08 bits per heavy atom. The van der Waals surface area contributed by atoms with E-state index in [1.165, 1.54) is 18.9 Å². The third kappa shape index (κ3) is 0.990. The third-order valence-corrected chi connectivity index (χ3v) is 1.93. The molecule has 2 aromatic heterocycles. The fraction of sp³-hybridized carbons (Fsp3) is 0. The Bertz CT molecular complexity index is 440. The normalized spacial score (nSPS) is 13.4. The molecule has 1 atom stereocenters. The Morgan fingerprint density at radius 2 is 2.33 bits per heavy atom. The van der Waals surface area contributed by atoms with Gasteiger partial charge >= 0.3 is 0 Å². The Labute approximate surface area is 69.7 Å². The van der Waals surface area contributed by atoms with Crippen LogP contribution in [0.5, 0.6) is 0 Å². The Morgan fingerprint density at radius 1 is 1.50 bits per heavy atom. The first kappa shape index (κ1) is 7.32. The van der Waals surface area contributed by atoms with Gasteiger partial charge in [-0.15, -0.1) is 0 Å². The minimum atomic E-state index is -2.36. The molecule has 0 bridgehead atoms. The highest BCUT2D eigenvalue weighted by atomic mass is 32.2. The highest BCUT2D eigenvalue weighted by Gasteiger charge is 2.01. The molecule has 0 spiro atoms. The van der Waals surface area contributed by atoms with Crippen LogP contribution in [0.15, 0.2) is 18.9 Å². The molecule has 0 fully saturated rings. The largest absolute Gasteiger partial charge is 0.755 e. The van der Waals surface area contributed by atoms with Gasteiger partial charge in [-0.2, -0.15) is 0 Å². The summed E-state index contributed by atoms with van der Waals surface area (Å²) in [6, 6.07) is 0. The van der Waals surface area contributed by atoms with Gasteiger partial charge in [0, 0.05) is 0 Å². The van der Waals surface area contributed by atoms with Crippen LogP contribution in [0.3, 0.4) is 0 Å². The van der Waals surface area contributed by atoms with Crippen LogP contribution < -0.4 is 0 Å². The number of rotatable bonds is 1. The van der Waals surface area contributed by atoms with E-state index in [1.807, 2.05) is 0 Å². The van der Waals surface area contributed by atoms with Gasteiger partial charge in [0.1, 0.15) is 18.2 Å². The standard InChI is InChI=1S/C5H4N4O2S/c10-12(11)9-3-8-4-1-6-2-7-5(4)9/h1-3H,(H,10,11)/p-1. The summed E-state index contributed by atoms with van der Waals surface area (Å²) in [5.74, 6) is 0. The molecule has 0 N–H and O–H groups in total. The minimum Gasteiger partial charge on any atom is -0.755 e. The molecule has 0 aliphatic heterocycles. The highest BCUT2D eigenvalue weighted by molar-refractivity contribution is 7.77. The van der Waals surface area contributed by atoms with Crippen molar-refractivity contribution in [2.24, 2.45) is 0 Å². The summed E-state index contributed by atoms with van der Waals surface area (Å²) in [4.78, 5) is 11.2. The summed E-state index contributed by atoms with van der Waals surface area (Å²) < 4.78 is 22.0. The van der Waals surface area contributed by atoms with Gasteiger partial charge < -0.3 is 4.55 Å². The van der Waals surface area contributed by atoms with Gasteiger partial charge in [-0.3, -0.25) is 4.21 Å². The minimum absolute atomic E-state index is 0.290. The third-order valence-electron chi connectivity index (χ3n) is 1.34. The average molecular weight is 183 g/mol. The Balaban J connectivity index is 2.79. The first-order valence-electron chi connectivity index (χ1n) is 3.02. The van der Waals surface area contributed by atoms with Crippen LogP contribution in [0.2, 0.25) is 0 Å². The molecule has 0 saturated heterocycles. The molecule has 0 aliphatic rings. The SMILES string of the molecule is O=S([O-])n1cnc2cncnc21. The van der Waals surface area contributed by atoms with E-state index in [1.54, 1.807) is 0 Å². The lowest BCUT2D eigenvalue weighted by molar-refractivity contribution is 0.529. The van der Waals surface area contributed by atoms with E-state index >= 15 is 0 Å². The molecule has 2 heterocycles. The van der Waals surface area contributed by atoms with Gasteiger partial charge in [-0.05, 0) is 0 Å². The zero-order valence-electron chi connectivity index (χ0n) is 5.75. The smallest absolute Gasteiger partial charge is 0.174 e. The topological polar surface area (TPSA) is 83.7 Å². The lowest BCUT2D eigenvalue weighted by atomic mass is 10.6. The summed E-state index contributed by atoms with van der Waals surface area (Å²) in [7, 11) is 0. The monoisotopic (exact) mass is 183 g/mol. The van der Waals surface area contributed by atoms with Crippen LogP contribution in [0, 0.1) is 0 Å². The summed E-state index contributed by atoms with van der Waals surface area (Å²) in [5.41, 5.74) is 0.750. The maximum atomic E-state index is 10.5. The molecule has 0 saturated carbocycles. The predicted molar refractivity (Wildman–Crippen MR) is 39.6 cm³/mol. The van der Waals surface area contributed by atoms with Crippen LogP contribution in [0.25, 0.3) is 11.2 Å². The van der Waals surface area contributed by atoms with Crippen molar-refractivity contribution in [3.05, 3.63) is 18.9 Å². The van der Waals surface area contributed by atoms with E-state index < -0.39 is 11.3 Å². The van der Waals surface area contributed by atoms with Crippen molar-refractivity contribution in [2.75, 3.05) is 0 Å². The van der Waals surface area contributed by atoms with Gasteiger partial charge in [0.2, 0.25) is 0 Å². The second kappa shape index (κ2) is 2.61. The molecule has 12 heavy (non-hydrogen) atoms. The van der Waals surface area contributed by atoms with Crippen molar-refractivity contribution in [3.8, 4) is 0 Å². The van der Waals surface area contributed by atoms with Gasteiger partial charge in [0.15, 0.2) is 5.65 Å². The molecule has 6 nitrogen and oxygen atoms in total. The molecule has 1 unspecified atom stereocenters. The van der Waals surface area contributed by atoms with Crippen molar-refractivity contribution in [1.29, 1.82) is 0 Å². The van der Waals surface area contributed by atoms with E-state index in [2.05, 4.69) is 15.0 Å². The molecule has 2 aromatic rings. The summed E-state index contributed by atoms with van der Waals surface area (Å²) in [6.45, 7) is 0. The summed E-state index contributed by atoms with van der Waals surface area (Å²) >= 11 is -2.36. The number of imidazole rings is 1. The zero-order chi connectivity index (χ0) is 8.55. The molecule has 62 valence electrons. The van der Waals surface area contributed by atoms with Crippen LogP contribution in [0.4, 0.5) is 0 Å². The molecule has 0 aliphatic carbocycles. The van der Waals surface area contributed by atoms with Gasteiger partial charge in [-0.25, -0.2) is 18.9 Å². The quantitative estimate of drug-likeness (QED) is 0.555. The first-order valence-corrected chi connectivity index (χ1v) is 4.05. The fourth-order valence-electron chi connectivity index (χ4n) is 0.855. The molecule has 0 aromatic carbocycles. The van der Waals surface area contributed by atoms with Crippen LogP contribution in [0.1, 0.15) is 0 Å². The average Bonchev–Trinajstić information content (AvgIpc) is 2.47. The molecule has 0 radical (unpaired) electrons. The van der Waals surface area contributed by atoms with Crippen molar-refractivity contribution in [3.63, 3.8) is 0 Å². The van der Waals surface area contributed by atoms with Crippen molar-refractivity contribution in [2.45, 2.75) is 0 Å². The van der Waals surface area contributed by atoms with E-state index in [0.29, 0.717) is 11.2 Å². The van der Waals surface area contributed by atoms with E-state index in [4.69, 9.17) is 0 Å². The lowest BCUT2D eigenvalue weighted by Crippen LogP contribution is -2.01. The van der Waals surface area contributed by atoms with Crippen LogP contribution >= 0.6 is 0 Å².